The number of aromatic nitrogens is 4. The van der Waals surface area contributed by atoms with E-state index in [4.69, 9.17) is 9.47 Å². The smallest absolute Gasteiger partial charge is 0.407 e. The van der Waals surface area contributed by atoms with Gasteiger partial charge in [-0.05, 0) is 46.6 Å². The second-order valence-electron chi connectivity index (χ2n) is 11.9. The molecule has 2 aromatic heterocycles. The Balaban J connectivity index is 1.81. The molecule has 0 saturated carbocycles. The number of nitrogens with zero attached hydrogens (tertiary/aromatic N) is 5. The molecular weight excluding hydrogens is 490 g/mol. The maximum absolute atomic E-state index is 13.3. The number of hydrogen-bond acceptors (Lipinski definition) is 8. The van der Waals surface area contributed by atoms with Crippen LogP contribution in [-0.2, 0) is 23.3 Å². The van der Waals surface area contributed by atoms with Gasteiger partial charge in [-0.1, -0.05) is 19.6 Å². The minimum absolute atomic E-state index is 0.0699. The summed E-state index contributed by atoms with van der Waals surface area (Å²) < 4.78 is 14.4. The SMILES string of the molecule is Cc1cc(Nc2cc(N3CCCC(NC(=O)OC(C)(C)C)C3)nn(COCC[Si](C)(C)C)c2=O)nn1C. The Morgan fingerprint density at radius 1 is 1.22 bits per heavy atom. The van der Waals surface area contributed by atoms with Gasteiger partial charge in [0.2, 0.25) is 0 Å². The summed E-state index contributed by atoms with van der Waals surface area (Å²) >= 11 is 0. The van der Waals surface area contributed by atoms with E-state index in [1.54, 1.807) is 10.7 Å². The molecule has 0 radical (unpaired) electrons. The number of carbonyl (C=O) groups excluding carboxylic acids is 1. The van der Waals surface area contributed by atoms with Crippen LogP contribution in [0.5, 0.6) is 0 Å². The van der Waals surface area contributed by atoms with Crippen LogP contribution >= 0.6 is 0 Å². The van der Waals surface area contributed by atoms with E-state index in [2.05, 4.69) is 45.4 Å². The maximum Gasteiger partial charge on any atom is 0.407 e. The Bertz CT molecular complexity index is 1110. The highest BCUT2D eigenvalue weighted by molar-refractivity contribution is 6.76. The number of hydrogen-bond donors (Lipinski definition) is 2. The molecule has 1 aliphatic heterocycles. The van der Waals surface area contributed by atoms with Crippen LogP contribution in [0.2, 0.25) is 25.7 Å². The molecule has 1 fully saturated rings. The van der Waals surface area contributed by atoms with E-state index in [1.807, 2.05) is 40.8 Å². The van der Waals surface area contributed by atoms with Crippen LogP contribution in [0, 0.1) is 6.92 Å². The Hall–Kier alpha value is -2.86. The van der Waals surface area contributed by atoms with Crippen molar-refractivity contribution in [1.82, 2.24) is 24.9 Å². The number of rotatable bonds is 9. The second-order valence-corrected chi connectivity index (χ2v) is 17.5. The Morgan fingerprint density at radius 3 is 2.57 bits per heavy atom. The number of piperidine rings is 1. The number of nitrogens with one attached hydrogen (secondary N) is 2. The van der Waals surface area contributed by atoms with Gasteiger partial charge in [0.05, 0.1) is 0 Å². The van der Waals surface area contributed by atoms with Crippen molar-refractivity contribution in [1.29, 1.82) is 0 Å². The lowest BCUT2D eigenvalue weighted by molar-refractivity contribution is 0.0500. The number of aryl methyl sites for hydroxylation is 2. The van der Waals surface area contributed by atoms with Gasteiger partial charge in [-0.15, -0.1) is 5.10 Å². The Labute approximate surface area is 220 Å². The first-order valence-corrected chi connectivity index (χ1v) is 16.6. The van der Waals surface area contributed by atoms with Crippen molar-refractivity contribution in [2.24, 2.45) is 7.05 Å². The highest BCUT2D eigenvalue weighted by Crippen LogP contribution is 2.22. The molecule has 0 spiro atoms. The molecule has 11 nitrogen and oxygen atoms in total. The van der Waals surface area contributed by atoms with Crippen LogP contribution < -0.4 is 21.1 Å². The minimum atomic E-state index is -1.26. The van der Waals surface area contributed by atoms with Crippen molar-refractivity contribution in [3.63, 3.8) is 0 Å². The van der Waals surface area contributed by atoms with Crippen LogP contribution in [0.25, 0.3) is 0 Å². The summed E-state index contributed by atoms with van der Waals surface area (Å²) in [6.07, 6.45) is 1.28. The van der Waals surface area contributed by atoms with E-state index in [1.165, 1.54) is 4.68 Å². The van der Waals surface area contributed by atoms with E-state index < -0.39 is 19.8 Å². The third-order valence-electron chi connectivity index (χ3n) is 6.01. The zero-order valence-electron chi connectivity index (χ0n) is 23.6. The Morgan fingerprint density at radius 2 is 1.95 bits per heavy atom. The number of ether oxygens (including phenoxy) is 2. The third kappa shape index (κ3) is 8.88. The molecule has 2 N–H and O–H groups in total. The topological polar surface area (TPSA) is 116 Å². The van der Waals surface area contributed by atoms with Gasteiger partial charge >= 0.3 is 6.09 Å². The fourth-order valence-corrected chi connectivity index (χ4v) is 4.68. The molecule has 0 bridgehead atoms. The van der Waals surface area contributed by atoms with E-state index in [0.29, 0.717) is 30.5 Å². The van der Waals surface area contributed by atoms with Crippen molar-refractivity contribution in [3.05, 3.63) is 28.2 Å². The molecule has 3 rings (SSSR count). The monoisotopic (exact) mass is 533 g/mol. The van der Waals surface area contributed by atoms with Gasteiger partial charge in [0.1, 0.15) is 18.0 Å². The van der Waals surface area contributed by atoms with E-state index in [-0.39, 0.29) is 18.3 Å². The summed E-state index contributed by atoms with van der Waals surface area (Å²) in [6.45, 7) is 16.3. The quantitative estimate of drug-likeness (QED) is 0.369. The molecule has 0 aromatic carbocycles. The molecule has 1 saturated heterocycles. The second kappa shape index (κ2) is 11.7. The fourth-order valence-electron chi connectivity index (χ4n) is 3.93. The molecule has 0 aliphatic carbocycles. The maximum atomic E-state index is 13.3. The number of anilines is 3. The molecule has 3 heterocycles. The van der Waals surface area contributed by atoms with Gasteiger partial charge in [-0.2, -0.15) is 9.78 Å². The molecule has 1 amide bonds. The van der Waals surface area contributed by atoms with Crippen molar-refractivity contribution < 1.29 is 14.3 Å². The molecule has 206 valence electrons. The average molecular weight is 534 g/mol. The lowest BCUT2D eigenvalue weighted by atomic mass is 10.1. The van der Waals surface area contributed by atoms with Crippen molar-refractivity contribution in [2.75, 3.05) is 29.9 Å². The van der Waals surface area contributed by atoms with Crippen LogP contribution in [0.3, 0.4) is 0 Å². The first-order chi connectivity index (χ1) is 17.2. The summed E-state index contributed by atoms with van der Waals surface area (Å²) in [4.78, 5) is 27.7. The summed E-state index contributed by atoms with van der Waals surface area (Å²) in [6, 6.07) is 4.55. The zero-order valence-corrected chi connectivity index (χ0v) is 24.6. The van der Waals surface area contributed by atoms with Gasteiger partial charge < -0.3 is 25.0 Å². The van der Waals surface area contributed by atoms with Gasteiger partial charge in [0, 0.05) is 58.7 Å². The molecule has 2 aromatic rings. The van der Waals surface area contributed by atoms with Crippen LogP contribution in [0.1, 0.15) is 39.3 Å². The van der Waals surface area contributed by atoms with Crippen molar-refractivity contribution in [3.8, 4) is 0 Å². The van der Waals surface area contributed by atoms with Crippen molar-refractivity contribution >= 4 is 31.5 Å². The number of amides is 1. The zero-order chi connectivity index (χ0) is 27.4. The van der Waals surface area contributed by atoms with Gasteiger partial charge in [-0.3, -0.25) is 9.48 Å². The van der Waals surface area contributed by atoms with Crippen LogP contribution in [-0.4, -0.2) is 65.1 Å². The standard InChI is InChI=1S/C25H43N7O4Si/c1-18-14-21(28-30(18)5)27-20-15-22(29-32(23(20)33)17-35-12-13-37(6,7)8)31-11-9-10-19(16-31)26-24(34)36-25(2,3)4/h14-15,19H,9-13,16-17H2,1-8H3,(H,26,34)(H,27,28). The minimum Gasteiger partial charge on any atom is -0.444 e. The highest BCUT2D eigenvalue weighted by atomic mass is 28.3. The number of carbonyl (C=O) groups is 1. The predicted octanol–water partition coefficient (Wildman–Crippen LogP) is 3.83. The van der Waals surface area contributed by atoms with Gasteiger partial charge in [-0.25, -0.2) is 4.79 Å². The summed E-state index contributed by atoms with van der Waals surface area (Å²) in [5.74, 6) is 1.22. The van der Waals surface area contributed by atoms with E-state index in [0.717, 1.165) is 31.1 Å². The summed E-state index contributed by atoms with van der Waals surface area (Å²) in [5.41, 5.74) is 0.508. The molecule has 37 heavy (non-hydrogen) atoms. The average Bonchev–Trinajstić information content (AvgIpc) is 3.08. The van der Waals surface area contributed by atoms with E-state index in [9.17, 15) is 9.59 Å². The molecule has 1 aliphatic rings. The Kier molecular flexibility index (Phi) is 9.06. The van der Waals surface area contributed by atoms with Gasteiger partial charge in [0.25, 0.3) is 5.56 Å². The first kappa shape index (κ1) is 28.7. The van der Waals surface area contributed by atoms with Crippen LogP contribution in [0.15, 0.2) is 16.9 Å². The first-order valence-electron chi connectivity index (χ1n) is 12.9. The molecule has 1 atom stereocenters. The summed E-state index contributed by atoms with van der Waals surface area (Å²) in [5, 5.41) is 15.2. The summed E-state index contributed by atoms with van der Waals surface area (Å²) in [7, 11) is 0.599. The highest BCUT2D eigenvalue weighted by Gasteiger charge is 2.26. The lowest BCUT2D eigenvalue weighted by Crippen LogP contribution is -2.49. The molecule has 12 heteroatoms. The van der Waals surface area contributed by atoms with Crippen LogP contribution in [0.4, 0.5) is 22.1 Å². The van der Waals surface area contributed by atoms with Crippen molar-refractivity contribution in [2.45, 2.75) is 84.6 Å². The predicted molar refractivity (Wildman–Crippen MR) is 148 cm³/mol. The fraction of sp³-hybridized carbons (Fsp3) is 0.680. The lowest BCUT2D eigenvalue weighted by Gasteiger charge is -2.34. The molecule has 1 unspecified atom stereocenters. The third-order valence-corrected chi connectivity index (χ3v) is 7.72. The van der Waals surface area contributed by atoms with Gasteiger partial charge in [0.15, 0.2) is 11.6 Å². The number of alkyl carbamates (subject to hydrolysis) is 1. The largest absolute Gasteiger partial charge is 0.444 e. The normalized spacial score (nSPS) is 16.5. The van der Waals surface area contributed by atoms with E-state index >= 15 is 0 Å². The molecular formula is C25H43N7O4Si.